The van der Waals surface area contributed by atoms with Crippen molar-refractivity contribution in [2.24, 2.45) is 0 Å². The Balaban J connectivity index is 2.55. The molecule has 0 bridgehead atoms. The van der Waals surface area contributed by atoms with Crippen LogP contribution in [0.15, 0.2) is 36.4 Å². The third-order valence-electron chi connectivity index (χ3n) is 2.53. The van der Waals surface area contributed by atoms with E-state index >= 15 is 0 Å². The third kappa shape index (κ3) is 2.64. The highest BCUT2D eigenvalue weighted by atomic mass is 32.2. The van der Waals surface area contributed by atoms with Gasteiger partial charge in [-0.3, -0.25) is 0 Å². The molecule has 0 aliphatic carbocycles. The van der Waals surface area contributed by atoms with Gasteiger partial charge in [0.1, 0.15) is 5.75 Å². The molecule has 0 unspecified atom stereocenters. The number of hydrogen-bond acceptors (Lipinski definition) is 4. The quantitative estimate of drug-likeness (QED) is 0.646. The lowest BCUT2D eigenvalue weighted by atomic mass is 10.1. The average molecular weight is 306 g/mol. The molecule has 0 fully saturated rings. The number of alkyl halides is 3. The van der Waals surface area contributed by atoms with Gasteiger partial charge in [-0.1, -0.05) is 18.2 Å². The number of ether oxygens (including phenoxy) is 1. The Hall–Kier alpha value is -1.96. The van der Waals surface area contributed by atoms with E-state index in [0.29, 0.717) is 11.1 Å². The summed E-state index contributed by atoms with van der Waals surface area (Å²) >= 11 is 0. The summed E-state index contributed by atoms with van der Waals surface area (Å²) in [5, 5.41) is 0.736. The molecule has 0 radical (unpaired) electrons. The first kappa shape index (κ1) is 14.4. The van der Waals surface area contributed by atoms with Crippen LogP contribution in [0.25, 0.3) is 10.8 Å². The number of rotatable bonds is 3. The van der Waals surface area contributed by atoms with Crippen LogP contribution in [-0.2, 0) is 10.1 Å². The lowest BCUT2D eigenvalue weighted by Gasteiger charge is -2.12. The summed E-state index contributed by atoms with van der Waals surface area (Å²) < 4.78 is 68.2. The second-order valence-corrected chi connectivity index (χ2v) is 5.36. The molecule has 0 atom stereocenters. The van der Waals surface area contributed by atoms with E-state index in [-0.39, 0.29) is 5.39 Å². The van der Waals surface area contributed by atoms with E-state index in [1.165, 1.54) is 19.2 Å². The van der Waals surface area contributed by atoms with Gasteiger partial charge in [0.25, 0.3) is 0 Å². The molecule has 2 aromatic carbocycles. The van der Waals surface area contributed by atoms with Crippen LogP contribution in [0.2, 0.25) is 0 Å². The fraction of sp³-hybridized carbons (Fsp3) is 0.167. The van der Waals surface area contributed by atoms with Crippen LogP contribution < -0.4 is 8.92 Å². The summed E-state index contributed by atoms with van der Waals surface area (Å²) in [5.74, 6) is -0.0309. The van der Waals surface area contributed by atoms with Gasteiger partial charge in [0.2, 0.25) is 0 Å². The summed E-state index contributed by atoms with van der Waals surface area (Å²) in [5.41, 5.74) is -5.48. The van der Waals surface area contributed by atoms with Gasteiger partial charge in [-0.25, -0.2) is 0 Å². The smallest absolute Gasteiger partial charge is 0.497 e. The van der Waals surface area contributed by atoms with Crippen LogP contribution in [0, 0.1) is 0 Å². The predicted molar refractivity (Wildman–Crippen MR) is 66.1 cm³/mol. The Morgan fingerprint density at radius 3 is 2.40 bits per heavy atom. The lowest BCUT2D eigenvalue weighted by Crippen LogP contribution is -2.28. The lowest BCUT2D eigenvalue weighted by molar-refractivity contribution is -0.0499. The largest absolute Gasteiger partial charge is 0.534 e. The zero-order valence-electron chi connectivity index (χ0n) is 10.1. The van der Waals surface area contributed by atoms with Crippen LogP contribution in [0.1, 0.15) is 0 Å². The van der Waals surface area contributed by atoms with Gasteiger partial charge >= 0.3 is 15.6 Å². The number of hydrogen-bond donors (Lipinski definition) is 0. The summed E-state index contributed by atoms with van der Waals surface area (Å²) in [7, 11) is -4.32. The first-order chi connectivity index (χ1) is 9.24. The Bertz CT molecular complexity index is 738. The van der Waals surface area contributed by atoms with Crippen molar-refractivity contribution in [3.05, 3.63) is 36.4 Å². The van der Waals surface area contributed by atoms with Gasteiger partial charge in [0.15, 0.2) is 5.75 Å². The molecule has 0 saturated heterocycles. The minimum Gasteiger partial charge on any atom is -0.497 e. The van der Waals surface area contributed by atoms with Gasteiger partial charge < -0.3 is 8.92 Å². The van der Waals surface area contributed by atoms with Crippen molar-refractivity contribution < 1.29 is 30.5 Å². The van der Waals surface area contributed by atoms with E-state index in [2.05, 4.69) is 4.18 Å². The van der Waals surface area contributed by atoms with E-state index in [1.54, 1.807) is 18.2 Å². The van der Waals surface area contributed by atoms with Crippen molar-refractivity contribution in [2.45, 2.75) is 5.51 Å². The van der Waals surface area contributed by atoms with Gasteiger partial charge in [-0.2, -0.15) is 21.6 Å². The maximum Gasteiger partial charge on any atom is 0.534 e. The molecule has 0 saturated carbocycles. The van der Waals surface area contributed by atoms with Gasteiger partial charge in [0.05, 0.1) is 7.11 Å². The first-order valence-corrected chi connectivity index (χ1v) is 6.73. The van der Waals surface area contributed by atoms with E-state index in [4.69, 9.17) is 4.74 Å². The number of halogens is 3. The number of fused-ring (bicyclic) bond motifs is 1. The molecular formula is C12H9F3O4S. The monoisotopic (exact) mass is 306 g/mol. The van der Waals surface area contributed by atoms with Crippen LogP contribution in [0.4, 0.5) is 13.2 Å². The highest BCUT2D eigenvalue weighted by Crippen LogP contribution is 2.33. The van der Waals surface area contributed by atoms with Gasteiger partial charge in [-0.05, 0) is 23.6 Å². The maximum absolute atomic E-state index is 12.3. The van der Waals surface area contributed by atoms with Crippen LogP contribution in [0.5, 0.6) is 11.5 Å². The molecule has 0 aliphatic rings. The third-order valence-corrected chi connectivity index (χ3v) is 3.50. The zero-order valence-corrected chi connectivity index (χ0v) is 11.0. The Kier molecular flexibility index (Phi) is 3.51. The molecule has 0 aliphatic heterocycles. The van der Waals surface area contributed by atoms with Crippen molar-refractivity contribution in [3.63, 3.8) is 0 Å². The summed E-state index contributed by atoms with van der Waals surface area (Å²) in [4.78, 5) is 0. The van der Waals surface area contributed by atoms with E-state index < -0.39 is 21.4 Å². The summed E-state index contributed by atoms with van der Waals surface area (Å²) in [6.07, 6.45) is 0. The molecule has 0 aromatic heterocycles. The molecule has 0 spiro atoms. The Labute approximate surface area is 112 Å². The molecule has 8 heteroatoms. The maximum atomic E-state index is 12.3. The molecule has 0 amide bonds. The zero-order chi connectivity index (χ0) is 15.0. The fourth-order valence-electron chi connectivity index (χ4n) is 1.59. The van der Waals surface area contributed by atoms with Gasteiger partial charge in [0, 0.05) is 5.39 Å². The second-order valence-electron chi connectivity index (χ2n) is 3.83. The minimum absolute atomic E-state index is 0.208. The van der Waals surface area contributed by atoms with Crippen molar-refractivity contribution in [2.75, 3.05) is 7.11 Å². The van der Waals surface area contributed by atoms with E-state index in [9.17, 15) is 21.6 Å². The summed E-state index contributed by atoms with van der Waals surface area (Å²) in [6.45, 7) is 0. The summed E-state index contributed by atoms with van der Waals surface area (Å²) in [6, 6.07) is 8.74. The normalized spacial score (nSPS) is 12.4. The fourth-order valence-corrected chi connectivity index (χ4v) is 2.06. The van der Waals surface area contributed by atoms with Crippen molar-refractivity contribution in [3.8, 4) is 11.5 Å². The van der Waals surface area contributed by atoms with Crippen LogP contribution >= 0.6 is 0 Å². The predicted octanol–water partition coefficient (Wildman–Crippen LogP) is 3.08. The van der Waals surface area contributed by atoms with Crippen molar-refractivity contribution >= 4 is 20.9 Å². The number of methoxy groups -OCH3 is 1. The van der Waals surface area contributed by atoms with Crippen LogP contribution in [-0.4, -0.2) is 21.0 Å². The van der Waals surface area contributed by atoms with E-state index in [0.717, 1.165) is 6.07 Å². The van der Waals surface area contributed by atoms with Crippen molar-refractivity contribution in [1.29, 1.82) is 0 Å². The van der Waals surface area contributed by atoms with E-state index in [1.807, 2.05) is 0 Å². The molecule has 20 heavy (non-hydrogen) atoms. The topological polar surface area (TPSA) is 52.6 Å². The molecule has 0 N–H and O–H groups in total. The highest BCUT2D eigenvalue weighted by Gasteiger charge is 2.48. The Morgan fingerprint density at radius 1 is 1.10 bits per heavy atom. The number of benzene rings is 2. The second kappa shape index (κ2) is 4.86. The molecule has 2 aromatic rings. The van der Waals surface area contributed by atoms with Crippen LogP contribution in [0.3, 0.4) is 0 Å². The molecule has 0 heterocycles. The first-order valence-electron chi connectivity index (χ1n) is 5.32. The standard InChI is InChI=1S/C12H9F3O4S/c1-18-9-6-5-8-3-2-4-11(10(8)7-9)19-20(16,17)12(13,14)15/h2-7H,1H3. The minimum atomic E-state index is -5.70. The molecule has 4 nitrogen and oxygen atoms in total. The van der Waals surface area contributed by atoms with Gasteiger partial charge in [-0.15, -0.1) is 0 Å². The SMILES string of the molecule is COc1ccc2cccc(OS(=O)(=O)C(F)(F)F)c2c1. The van der Waals surface area contributed by atoms with Crippen molar-refractivity contribution in [1.82, 2.24) is 0 Å². The molecule has 108 valence electrons. The highest BCUT2D eigenvalue weighted by molar-refractivity contribution is 7.88. The molecule has 2 rings (SSSR count). The average Bonchev–Trinajstić information content (AvgIpc) is 2.37. The Morgan fingerprint density at radius 2 is 1.80 bits per heavy atom. The molecular weight excluding hydrogens is 297 g/mol.